The van der Waals surface area contributed by atoms with Crippen molar-refractivity contribution in [3.8, 4) is 0 Å². The summed E-state index contributed by atoms with van der Waals surface area (Å²) < 4.78 is 36.7. The molecule has 0 atom stereocenters. The Balaban J connectivity index is 2.26. The predicted octanol–water partition coefficient (Wildman–Crippen LogP) is 0.900. The first-order valence-electron chi connectivity index (χ1n) is 6.86. The van der Waals surface area contributed by atoms with E-state index in [1.54, 1.807) is 19.2 Å². The third-order valence-electron chi connectivity index (χ3n) is 2.86. The minimum absolute atomic E-state index is 0.100. The number of ether oxygens (including phenoxy) is 2. The van der Waals surface area contributed by atoms with Gasteiger partial charge >= 0.3 is 0 Å². The van der Waals surface area contributed by atoms with Crippen molar-refractivity contribution in [2.75, 3.05) is 33.5 Å². The van der Waals surface area contributed by atoms with Gasteiger partial charge in [0.25, 0.3) is 0 Å². The van der Waals surface area contributed by atoms with E-state index in [1.807, 2.05) is 0 Å². The van der Waals surface area contributed by atoms with Gasteiger partial charge < -0.3 is 14.6 Å². The average Bonchev–Trinajstić information content (AvgIpc) is 2.50. The van der Waals surface area contributed by atoms with Gasteiger partial charge in [-0.2, -0.15) is 0 Å². The van der Waals surface area contributed by atoms with Crippen LogP contribution in [0.4, 0.5) is 0 Å². The molecular weight excluding hydrogens is 294 g/mol. The fraction of sp³-hybridized carbons (Fsp3) is 0.571. The van der Waals surface area contributed by atoms with Crippen LogP contribution in [0.2, 0.25) is 0 Å². The molecule has 1 aromatic rings. The summed E-state index contributed by atoms with van der Waals surface area (Å²) >= 11 is 0. The Kier molecular flexibility index (Phi) is 8.48. The van der Waals surface area contributed by atoms with Crippen LogP contribution in [0.5, 0.6) is 0 Å². The van der Waals surface area contributed by atoms with Gasteiger partial charge in [-0.1, -0.05) is 12.1 Å². The fourth-order valence-electron chi connectivity index (χ4n) is 1.64. The zero-order valence-corrected chi connectivity index (χ0v) is 13.1. The number of benzene rings is 1. The van der Waals surface area contributed by atoms with E-state index in [0.717, 1.165) is 6.42 Å². The van der Waals surface area contributed by atoms with E-state index in [9.17, 15) is 8.42 Å². The molecule has 0 amide bonds. The van der Waals surface area contributed by atoms with E-state index in [4.69, 9.17) is 14.6 Å². The van der Waals surface area contributed by atoms with Crippen LogP contribution < -0.4 is 4.72 Å². The van der Waals surface area contributed by atoms with E-state index in [1.165, 1.54) is 12.1 Å². The van der Waals surface area contributed by atoms with Crippen LogP contribution in [0.15, 0.2) is 29.2 Å². The van der Waals surface area contributed by atoms with Crippen molar-refractivity contribution >= 4 is 10.0 Å². The molecule has 7 heteroatoms. The van der Waals surface area contributed by atoms with E-state index in [2.05, 4.69) is 4.72 Å². The highest BCUT2D eigenvalue weighted by molar-refractivity contribution is 7.89. The lowest BCUT2D eigenvalue weighted by molar-refractivity contribution is 0.0689. The first-order valence-corrected chi connectivity index (χ1v) is 8.34. The maximum Gasteiger partial charge on any atom is 0.240 e. The van der Waals surface area contributed by atoms with Crippen LogP contribution in [0.1, 0.15) is 18.4 Å². The van der Waals surface area contributed by atoms with Gasteiger partial charge in [-0.3, -0.25) is 0 Å². The topological polar surface area (TPSA) is 84.9 Å². The Morgan fingerprint density at radius 1 is 1.10 bits per heavy atom. The molecule has 120 valence electrons. The van der Waals surface area contributed by atoms with E-state index >= 15 is 0 Å². The van der Waals surface area contributed by atoms with Gasteiger partial charge in [0.05, 0.1) is 24.7 Å². The molecule has 0 heterocycles. The number of nitrogens with one attached hydrogen (secondary N) is 1. The highest BCUT2D eigenvalue weighted by Crippen LogP contribution is 2.10. The smallest absolute Gasteiger partial charge is 0.240 e. The summed E-state index contributed by atoms with van der Waals surface area (Å²) in [4.78, 5) is 0.205. The highest BCUT2D eigenvalue weighted by atomic mass is 32.2. The summed E-state index contributed by atoms with van der Waals surface area (Å²) in [5.41, 5.74) is 0.683. The van der Waals surface area contributed by atoms with E-state index in [-0.39, 0.29) is 11.5 Å². The number of aliphatic hydroxyl groups excluding tert-OH is 1. The summed E-state index contributed by atoms with van der Waals surface area (Å²) in [6.45, 7) is 1.99. The largest absolute Gasteiger partial charge is 0.392 e. The maximum absolute atomic E-state index is 12.0. The van der Waals surface area contributed by atoms with Gasteiger partial charge in [0.1, 0.15) is 0 Å². The second kappa shape index (κ2) is 9.86. The fourth-order valence-corrected chi connectivity index (χ4v) is 2.71. The Bertz CT molecular complexity index is 487. The molecule has 0 aliphatic heterocycles. The molecule has 0 spiro atoms. The second-order valence-electron chi connectivity index (χ2n) is 4.51. The van der Waals surface area contributed by atoms with Crippen LogP contribution >= 0.6 is 0 Å². The second-order valence-corrected chi connectivity index (χ2v) is 6.28. The molecule has 6 nitrogen and oxygen atoms in total. The van der Waals surface area contributed by atoms with Crippen molar-refractivity contribution in [1.29, 1.82) is 0 Å². The minimum Gasteiger partial charge on any atom is -0.392 e. The van der Waals surface area contributed by atoms with Crippen molar-refractivity contribution in [3.63, 3.8) is 0 Å². The number of methoxy groups -OCH3 is 1. The molecule has 1 rings (SSSR count). The Hall–Kier alpha value is -0.990. The van der Waals surface area contributed by atoms with E-state index in [0.29, 0.717) is 38.3 Å². The SMILES string of the molecule is COCCOCCCCNS(=O)(=O)c1ccc(CO)cc1. The molecule has 0 saturated carbocycles. The third kappa shape index (κ3) is 7.01. The number of unbranched alkanes of at least 4 members (excludes halogenated alkanes) is 1. The van der Waals surface area contributed by atoms with Crippen molar-refractivity contribution in [2.45, 2.75) is 24.3 Å². The van der Waals surface area contributed by atoms with Gasteiger partial charge in [-0.05, 0) is 30.5 Å². The lowest BCUT2D eigenvalue weighted by atomic mass is 10.2. The molecule has 0 aliphatic rings. The van der Waals surface area contributed by atoms with Crippen LogP contribution in [0, 0.1) is 0 Å². The normalized spacial score (nSPS) is 11.7. The number of hydrogen-bond acceptors (Lipinski definition) is 5. The highest BCUT2D eigenvalue weighted by Gasteiger charge is 2.12. The molecule has 0 radical (unpaired) electrons. The zero-order valence-electron chi connectivity index (χ0n) is 12.2. The number of rotatable bonds is 11. The molecule has 21 heavy (non-hydrogen) atoms. The molecule has 0 bridgehead atoms. The minimum atomic E-state index is -3.48. The zero-order chi connectivity index (χ0) is 15.6. The number of hydrogen-bond donors (Lipinski definition) is 2. The summed E-state index contributed by atoms with van der Waals surface area (Å²) in [7, 11) is -1.86. The Morgan fingerprint density at radius 3 is 2.43 bits per heavy atom. The molecule has 2 N–H and O–H groups in total. The van der Waals surface area contributed by atoms with Crippen molar-refractivity contribution in [1.82, 2.24) is 4.72 Å². The van der Waals surface area contributed by atoms with Gasteiger partial charge in [-0.25, -0.2) is 13.1 Å². The third-order valence-corrected chi connectivity index (χ3v) is 4.33. The number of aliphatic hydroxyl groups is 1. The molecule has 0 aliphatic carbocycles. The molecule has 0 aromatic heterocycles. The lowest BCUT2D eigenvalue weighted by Crippen LogP contribution is -2.25. The van der Waals surface area contributed by atoms with Crippen LogP contribution in [0.25, 0.3) is 0 Å². The summed E-state index contributed by atoms with van der Waals surface area (Å²) in [6.07, 6.45) is 1.50. The molecule has 0 fully saturated rings. The summed E-state index contributed by atoms with van der Waals surface area (Å²) in [5, 5.41) is 8.92. The van der Waals surface area contributed by atoms with Crippen LogP contribution in [-0.4, -0.2) is 47.0 Å². The first-order chi connectivity index (χ1) is 10.1. The quantitative estimate of drug-likeness (QED) is 0.592. The maximum atomic E-state index is 12.0. The van der Waals surface area contributed by atoms with Crippen molar-refractivity contribution < 1.29 is 23.0 Å². The van der Waals surface area contributed by atoms with E-state index < -0.39 is 10.0 Å². The molecule has 1 aromatic carbocycles. The van der Waals surface area contributed by atoms with Gasteiger partial charge in [0.2, 0.25) is 10.0 Å². The summed E-state index contributed by atoms with van der Waals surface area (Å²) in [5.74, 6) is 0. The predicted molar refractivity (Wildman–Crippen MR) is 79.5 cm³/mol. The number of sulfonamides is 1. The van der Waals surface area contributed by atoms with Gasteiger partial charge in [0, 0.05) is 20.3 Å². The first kappa shape index (κ1) is 18.1. The molecule has 0 unspecified atom stereocenters. The van der Waals surface area contributed by atoms with Crippen molar-refractivity contribution in [3.05, 3.63) is 29.8 Å². The Morgan fingerprint density at radius 2 is 1.81 bits per heavy atom. The van der Waals surface area contributed by atoms with Gasteiger partial charge in [-0.15, -0.1) is 0 Å². The van der Waals surface area contributed by atoms with Crippen LogP contribution in [0.3, 0.4) is 0 Å². The monoisotopic (exact) mass is 317 g/mol. The lowest BCUT2D eigenvalue weighted by Gasteiger charge is -2.07. The summed E-state index contributed by atoms with van der Waals surface area (Å²) in [6, 6.07) is 6.17. The standard InChI is InChI=1S/C14H23NO5S/c1-19-10-11-20-9-3-2-8-15-21(17,18)14-6-4-13(12-16)5-7-14/h4-7,15-16H,2-3,8-12H2,1H3. The van der Waals surface area contributed by atoms with Gasteiger partial charge in [0.15, 0.2) is 0 Å². The molecule has 0 saturated heterocycles. The van der Waals surface area contributed by atoms with Crippen LogP contribution in [-0.2, 0) is 26.1 Å². The molecular formula is C14H23NO5S. The van der Waals surface area contributed by atoms with Crippen molar-refractivity contribution in [2.24, 2.45) is 0 Å². The average molecular weight is 317 g/mol. The Labute approximate surface area is 126 Å².